The van der Waals surface area contributed by atoms with E-state index in [0.29, 0.717) is 28.5 Å². The molecule has 0 spiro atoms. The van der Waals surface area contributed by atoms with E-state index in [0.717, 1.165) is 32.5 Å². The Labute approximate surface area is 178 Å². The lowest BCUT2D eigenvalue weighted by molar-refractivity contribution is 0.250. The number of benzene rings is 1. The molecule has 164 valence electrons. The number of aryl methyl sites for hydroxylation is 2. The van der Waals surface area contributed by atoms with Crippen molar-refractivity contribution in [3.05, 3.63) is 35.7 Å². The summed E-state index contributed by atoms with van der Waals surface area (Å²) in [6.45, 7) is 12.1. The molecule has 4 rings (SSSR count). The SMILES string of the molecule is Cc1nn(C)cc1-c1ccc(N[C@@H]2C[C@@H]3CN(CCC(C)(C)C)C[C@@H]3C2)c(F)c1F. The number of hydrogen-bond donors (Lipinski definition) is 1. The first kappa shape index (κ1) is 21.3. The van der Waals surface area contributed by atoms with E-state index in [1.807, 2.05) is 0 Å². The minimum Gasteiger partial charge on any atom is -0.380 e. The number of halogens is 2. The van der Waals surface area contributed by atoms with Crippen molar-refractivity contribution in [2.75, 3.05) is 25.0 Å². The molecule has 0 bridgehead atoms. The number of anilines is 1. The van der Waals surface area contributed by atoms with Crippen molar-refractivity contribution in [2.24, 2.45) is 24.3 Å². The number of hydrogen-bond acceptors (Lipinski definition) is 3. The van der Waals surface area contributed by atoms with Crippen LogP contribution in [0.25, 0.3) is 11.1 Å². The molecule has 2 fully saturated rings. The molecule has 0 unspecified atom stereocenters. The summed E-state index contributed by atoms with van der Waals surface area (Å²) in [5.41, 5.74) is 2.22. The van der Waals surface area contributed by atoms with Crippen LogP contribution in [-0.2, 0) is 7.05 Å². The van der Waals surface area contributed by atoms with Crippen LogP contribution in [0.1, 0.15) is 45.7 Å². The zero-order valence-electron chi connectivity index (χ0n) is 18.8. The number of nitrogens with zero attached hydrogens (tertiary/aromatic N) is 3. The molecule has 2 aliphatic rings. The first-order valence-corrected chi connectivity index (χ1v) is 11.1. The molecular formula is C24H34F2N4. The van der Waals surface area contributed by atoms with Gasteiger partial charge in [0.25, 0.3) is 0 Å². The van der Waals surface area contributed by atoms with Gasteiger partial charge in [0.1, 0.15) is 0 Å². The number of rotatable bonds is 5. The van der Waals surface area contributed by atoms with Crippen molar-refractivity contribution in [3.63, 3.8) is 0 Å². The zero-order chi connectivity index (χ0) is 21.6. The van der Waals surface area contributed by atoms with E-state index in [-0.39, 0.29) is 17.3 Å². The summed E-state index contributed by atoms with van der Waals surface area (Å²) in [5, 5.41) is 7.53. The average Bonchev–Trinajstić information content (AvgIpc) is 3.29. The van der Waals surface area contributed by atoms with Crippen LogP contribution < -0.4 is 5.32 Å². The fourth-order valence-electron chi connectivity index (χ4n) is 5.14. The number of likely N-dealkylation sites (tertiary alicyclic amines) is 1. The minimum atomic E-state index is -0.803. The maximum atomic E-state index is 14.8. The molecule has 1 aliphatic heterocycles. The molecule has 1 aliphatic carbocycles. The number of nitrogens with one attached hydrogen (secondary N) is 1. The fraction of sp³-hybridized carbons (Fsp3) is 0.625. The molecule has 1 saturated carbocycles. The van der Waals surface area contributed by atoms with Crippen molar-refractivity contribution in [3.8, 4) is 11.1 Å². The van der Waals surface area contributed by atoms with E-state index >= 15 is 0 Å². The summed E-state index contributed by atoms with van der Waals surface area (Å²) < 4.78 is 31.3. The molecule has 0 radical (unpaired) electrons. The Bertz CT molecular complexity index is 901. The van der Waals surface area contributed by atoms with Gasteiger partial charge in [-0.05, 0) is 62.1 Å². The smallest absolute Gasteiger partial charge is 0.182 e. The van der Waals surface area contributed by atoms with Crippen LogP contribution in [0.5, 0.6) is 0 Å². The van der Waals surface area contributed by atoms with E-state index in [1.54, 1.807) is 37.0 Å². The Morgan fingerprint density at radius 1 is 1.07 bits per heavy atom. The predicted molar refractivity (Wildman–Crippen MR) is 117 cm³/mol. The van der Waals surface area contributed by atoms with Gasteiger partial charge in [-0.15, -0.1) is 0 Å². The van der Waals surface area contributed by atoms with Crippen LogP contribution in [0.2, 0.25) is 0 Å². The number of fused-ring (bicyclic) bond motifs is 1. The Kier molecular flexibility index (Phi) is 5.64. The second-order valence-corrected chi connectivity index (χ2v) is 10.5. The van der Waals surface area contributed by atoms with Crippen molar-refractivity contribution < 1.29 is 8.78 Å². The molecule has 1 saturated heterocycles. The molecular weight excluding hydrogens is 382 g/mol. The fourth-order valence-corrected chi connectivity index (χ4v) is 5.14. The third-order valence-electron chi connectivity index (χ3n) is 6.75. The third kappa shape index (κ3) is 4.39. The maximum Gasteiger partial charge on any atom is 0.182 e. The van der Waals surface area contributed by atoms with Gasteiger partial charge in [-0.3, -0.25) is 4.68 Å². The second kappa shape index (κ2) is 7.95. The Morgan fingerprint density at radius 3 is 2.30 bits per heavy atom. The highest BCUT2D eigenvalue weighted by atomic mass is 19.2. The van der Waals surface area contributed by atoms with E-state index in [2.05, 4.69) is 36.1 Å². The van der Waals surface area contributed by atoms with Crippen LogP contribution in [0.4, 0.5) is 14.5 Å². The lowest BCUT2D eigenvalue weighted by Gasteiger charge is -2.24. The Hall–Kier alpha value is -1.95. The highest BCUT2D eigenvalue weighted by molar-refractivity contribution is 5.68. The van der Waals surface area contributed by atoms with E-state index in [9.17, 15) is 8.78 Å². The maximum absolute atomic E-state index is 14.8. The molecule has 4 nitrogen and oxygen atoms in total. The van der Waals surface area contributed by atoms with Crippen LogP contribution in [-0.4, -0.2) is 40.4 Å². The van der Waals surface area contributed by atoms with Gasteiger partial charge >= 0.3 is 0 Å². The van der Waals surface area contributed by atoms with E-state index in [4.69, 9.17) is 0 Å². The van der Waals surface area contributed by atoms with Crippen molar-refractivity contribution in [1.82, 2.24) is 14.7 Å². The molecule has 30 heavy (non-hydrogen) atoms. The standard InChI is InChI=1S/C24H34F2N4/c1-15-20(14-29(5)28-15)19-6-7-21(23(26)22(19)25)27-18-10-16-12-30(13-17(16)11-18)9-8-24(2,3)4/h6-7,14,16-18,27H,8-13H2,1-5H3/t16-,17+,18-. The molecule has 0 amide bonds. The summed E-state index contributed by atoms with van der Waals surface area (Å²) in [6, 6.07) is 3.54. The van der Waals surface area contributed by atoms with Crippen molar-refractivity contribution in [2.45, 2.75) is 53.0 Å². The Balaban J connectivity index is 1.39. The van der Waals surface area contributed by atoms with Gasteiger partial charge in [-0.1, -0.05) is 20.8 Å². The summed E-state index contributed by atoms with van der Waals surface area (Å²) in [4.78, 5) is 2.59. The monoisotopic (exact) mass is 416 g/mol. The highest BCUT2D eigenvalue weighted by Crippen LogP contribution is 2.40. The van der Waals surface area contributed by atoms with E-state index in [1.165, 1.54) is 6.42 Å². The molecule has 6 heteroatoms. The average molecular weight is 417 g/mol. The molecule has 2 aromatic rings. The first-order chi connectivity index (χ1) is 14.1. The van der Waals surface area contributed by atoms with Crippen LogP contribution in [0.3, 0.4) is 0 Å². The summed E-state index contributed by atoms with van der Waals surface area (Å²) >= 11 is 0. The predicted octanol–water partition coefficient (Wildman–Crippen LogP) is 5.23. The van der Waals surface area contributed by atoms with Crippen molar-refractivity contribution in [1.29, 1.82) is 0 Å². The number of aromatic nitrogens is 2. The Morgan fingerprint density at radius 2 is 1.73 bits per heavy atom. The van der Waals surface area contributed by atoms with Gasteiger partial charge in [-0.25, -0.2) is 8.78 Å². The van der Waals surface area contributed by atoms with E-state index < -0.39 is 11.6 Å². The highest BCUT2D eigenvalue weighted by Gasteiger charge is 2.41. The van der Waals surface area contributed by atoms with Gasteiger partial charge in [0.2, 0.25) is 0 Å². The second-order valence-electron chi connectivity index (χ2n) is 10.5. The lowest BCUT2D eigenvalue weighted by atomic mass is 9.92. The molecule has 2 heterocycles. The molecule has 1 aromatic carbocycles. The van der Waals surface area contributed by atoms with Gasteiger partial charge in [0.15, 0.2) is 11.6 Å². The first-order valence-electron chi connectivity index (χ1n) is 11.1. The normalized spacial score (nSPS) is 24.4. The molecule has 1 N–H and O–H groups in total. The summed E-state index contributed by atoms with van der Waals surface area (Å²) in [7, 11) is 1.78. The topological polar surface area (TPSA) is 33.1 Å². The quantitative estimate of drug-likeness (QED) is 0.724. The van der Waals surface area contributed by atoms with Crippen LogP contribution in [0, 0.1) is 35.8 Å². The van der Waals surface area contributed by atoms with Crippen molar-refractivity contribution >= 4 is 5.69 Å². The largest absolute Gasteiger partial charge is 0.380 e. The summed E-state index contributed by atoms with van der Waals surface area (Å²) in [5.74, 6) is -0.275. The minimum absolute atomic E-state index is 0.213. The van der Waals surface area contributed by atoms with Gasteiger partial charge in [-0.2, -0.15) is 5.10 Å². The molecule has 1 aromatic heterocycles. The zero-order valence-corrected chi connectivity index (χ0v) is 18.8. The van der Waals surface area contributed by atoms with Crippen LogP contribution in [0.15, 0.2) is 18.3 Å². The third-order valence-corrected chi connectivity index (χ3v) is 6.75. The summed E-state index contributed by atoms with van der Waals surface area (Å²) in [6.07, 6.45) is 4.99. The van der Waals surface area contributed by atoms with Crippen LogP contribution >= 0.6 is 0 Å². The van der Waals surface area contributed by atoms with Gasteiger partial charge in [0.05, 0.1) is 11.4 Å². The molecule has 3 atom stereocenters. The lowest BCUT2D eigenvalue weighted by Crippen LogP contribution is -2.28. The van der Waals surface area contributed by atoms with Gasteiger partial charge in [0, 0.05) is 43.5 Å². The van der Waals surface area contributed by atoms with Gasteiger partial charge < -0.3 is 10.2 Å².